The van der Waals surface area contributed by atoms with Gasteiger partial charge in [-0.3, -0.25) is 9.59 Å². The van der Waals surface area contributed by atoms with Crippen molar-refractivity contribution < 1.29 is 4.79 Å². The highest BCUT2D eigenvalue weighted by Gasteiger charge is 2.18. The number of fused-ring (bicyclic) bond motifs is 3. The summed E-state index contributed by atoms with van der Waals surface area (Å²) in [6.45, 7) is 0. The van der Waals surface area contributed by atoms with E-state index in [1.165, 1.54) is 5.56 Å². The Hall–Kier alpha value is -2.40. The molecule has 0 aliphatic heterocycles. The second-order valence-corrected chi connectivity index (χ2v) is 6.86. The fourth-order valence-corrected chi connectivity index (χ4v) is 3.96. The van der Waals surface area contributed by atoms with Crippen LogP contribution in [0.15, 0.2) is 40.5 Å². The molecule has 4 rings (SSSR count). The number of aryl methyl sites for hydroxylation is 1. The molecule has 1 aliphatic carbocycles. The summed E-state index contributed by atoms with van der Waals surface area (Å²) in [5, 5.41) is 5.96. The number of H-pyrrole nitrogens is 1. The number of hydrogen-bond donors (Lipinski definition) is 2. The molecule has 1 amide bonds. The van der Waals surface area contributed by atoms with Crippen LogP contribution in [0, 0.1) is 0 Å². The minimum Gasteiger partial charge on any atom is -0.326 e. The van der Waals surface area contributed by atoms with Crippen LogP contribution >= 0.6 is 11.3 Å². The van der Waals surface area contributed by atoms with Gasteiger partial charge < -0.3 is 10.3 Å². The first-order valence-electron chi connectivity index (χ1n) is 7.71. The highest BCUT2D eigenvalue weighted by atomic mass is 32.1. The SMILES string of the molecule is O=C(Cc1cccs1)Nc1ccc2c3c(c(=O)[nH]c2c1)CCC3. The Morgan fingerprint density at radius 2 is 2.09 bits per heavy atom. The first-order valence-corrected chi connectivity index (χ1v) is 8.59. The van der Waals surface area contributed by atoms with Gasteiger partial charge in [0.05, 0.1) is 11.9 Å². The monoisotopic (exact) mass is 324 g/mol. The second kappa shape index (κ2) is 5.66. The summed E-state index contributed by atoms with van der Waals surface area (Å²) in [7, 11) is 0. The molecule has 0 bridgehead atoms. The number of pyridine rings is 1. The van der Waals surface area contributed by atoms with E-state index in [9.17, 15) is 9.59 Å². The zero-order valence-corrected chi connectivity index (χ0v) is 13.3. The molecule has 2 heterocycles. The van der Waals surface area contributed by atoms with E-state index in [-0.39, 0.29) is 11.5 Å². The highest BCUT2D eigenvalue weighted by molar-refractivity contribution is 7.10. The van der Waals surface area contributed by atoms with Crippen molar-refractivity contribution in [1.82, 2.24) is 4.98 Å². The lowest BCUT2D eigenvalue weighted by atomic mass is 10.1. The van der Waals surface area contributed by atoms with Gasteiger partial charge in [-0.25, -0.2) is 0 Å². The predicted molar refractivity (Wildman–Crippen MR) is 93.2 cm³/mol. The maximum absolute atomic E-state index is 12.1. The predicted octanol–water partition coefficient (Wildman–Crippen LogP) is 3.26. The summed E-state index contributed by atoms with van der Waals surface area (Å²) in [6, 6.07) is 9.64. The average molecular weight is 324 g/mol. The van der Waals surface area contributed by atoms with E-state index in [1.807, 2.05) is 35.7 Å². The van der Waals surface area contributed by atoms with Crippen molar-refractivity contribution in [3.05, 3.63) is 62.1 Å². The summed E-state index contributed by atoms with van der Waals surface area (Å²) < 4.78 is 0. The molecule has 3 aromatic rings. The number of hydrogen-bond acceptors (Lipinski definition) is 3. The molecule has 0 radical (unpaired) electrons. The van der Waals surface area contributed by atoms with Gasteiger partial charge in [0.25, 0.3) is 5.56 Å². The molecule has 23 heavy (non-hydrogen) atoms. The standard InChI is InChI=1S/C18H16N2O2S/c21-17(10-12-3-2-8-23-12)19-11-6-7-14-13-4-1-5-15(13)18(22)20-16(14)9-11/h2-3,6-9H,1,4-5,10H2,(H,19,21)(H,20,22). The Morgan fingerprint density at radius 3 is 2.91 bits per heavy atom. The topological polar surface area (TPSA) is 62.0 Å². The number of benzene rings is 1. The Balaban J connectivity index is 1.63. The fourth-order valence-electron chi connectivity index (χ4n) is 3.25. The second-order valence-electron chi connectivity index (χ2n) is 5.83. The summed E-state index contributed by atoms with van der Waals surface area (Å²) in [5.74, 6) is -0.0460. The molecule has 0 fully saturated rings. The van der Waals surface area contributed by atoms with Gasteiger partial charge in [0.2, 0.25) is 5.91 Å². The van der Waals surface area contributed by atoms with Crippen LogP contribution in [0.5, 0.6) is 0 Å². The average Bonchev–Trinajstić information content (AvgIpc) is 3.18. The molecule has 1 aliphatic rings. The normalized spacial score (nSPS) is 13.2. The third kappa shape index (κ3) is 2.68. The van der Waals surface area contributed by atoms with Gasteiger partial charge in [0.15, 0.2) is 0 Å². The lowest BCUT2D eigenvalue weighted by Gasteiger charge is -2.09. The Kier molecular flexibility index (Phi) is 3.50. The number of anilines is 1. The lowest BCUT2D eigenvalue weighted by molar-refractivity contribution is -0.115. The molecule has 0 saturated heterocycles. The Bertz CT molecular complexity index is 942. The third-order valence-electron chi connectivity index (χ3n) is 4.28. The zero-order chi connectivity index (χ0) is 15.8. The Morgan fingerprint density at radius 1 is 1.22 bits per heavy atom. The van der Waals surface area contributed by atoms with Crippen LogP contribution in [-0.4, -0.2) is 10.9 Å². The van der Waals surface area contributed by atoms with E-state index in [0.717, 1.165) is 40.6 Å². The van der Waals surface area contributed by atoms with Crippen molar-refractivity contribution in [3.8, 4) is 0 Å². The zero-order valence-electron chi connectivity index (χ0n) is 12.5. The van der Waals surface area contributed by atoms with Crippen molar-refractivity contribution >= 4 is 33.8 Å². The summed E-state index contributed by atoms with van der Waals surface area (Å²) >= 11 is 1.57. The van der Waals surface area contributed by atoms with E-state index < -0.39 is 0 Å². The van der Waals surface area contributed by atoms with E-state index in [4.69, 9.17) is 0 Å². The van der Waals surface area contributed by atoms with Gasteiger partial charge in [-0.05, 0) is 48.4 Å². The molecule has 0 atom stereocenters. The van der Waals surface area contributed by atoms with Crippen LogP contribution in [0.3, 0.4) is 0 Å². The molecule has 2 N–H and O–H groups in total. The fraction of sp³-hybridized carbons (Fsp3) is 0.222. The molecule has 2 aromatic heterocycles. The molecular weight excluding hydrogens is 308 g/mol. The van der Waals surface area contributed by atoms with E-state index in [0.29, 0.717) is 12.1 Å². The number of nitrogens with one attached hydrogen (secondary N) is 2. The van der Waals surface area contributed by atoms with Crippen molar-refractivity contribution in [2.45, 2.75) is 25.7 Å². The maximum Gasteiger partial charge on any atom is 0.251 e. The molecule has 0 spiro atoms. The van der Waals surface area contributed by atoms with Crippen LogP contribution in [0.4, 0.5) is 5.69 Å². The molecule has 5 heteroatoms. The van der Waals surface area contributed by atoms with E-state index in [2.05, 4.69) is 10.3 Å². The van der Waals surface area contributed by atoms with Gasteiger partial charge in [0.1, 0.15) is 0 Å². The Labute approximate surface area is 137 Å². The van der Waals surface area contributed by atoms with Gasteiger partial charge in [-0.2, -0.15) is 0 Å². The number of aromatic nitrogens is 1. The lowest BCUT2D eigenvalue weighted by Crippen LogP contribution is -2.15. The minimum absolute atomic E-state index is 0.00654. The number of rotatable bonds is 3. The van der Waals surface area contributed by atoms with Crippen molar-refractivity contribution in [2.75, 3.05) is 5.32 Å². The van der Waals surface area contributed by atoms with Crippen molar-refractivity contribution in [1.29, 1.82) is 0 Å². The molecule has 4 nitrogen and oxygen atoms in total. The molecule has 0 saturated carbocycles. The first-order chi connectivity index (χ1) is 11.2. The van der Waals surface area contributed by atoms with Crippen LogP contribution in [0.1, 0.15) is 22.4 Å². The molecular formula is C18H16N2O2S. The largest absolute Gasteiger partial charge is 0.326 e. The number of carbonyl (C=O) groups is 1. The van der Waals surface area contributed by atoms with Crippen LogP contribution in [-0.2, 0) is 24.1 Å². The minimum atomic E-state index is -0.0460. The molecule has 0 unspecified atom stereocenters. The van der Waals surface area contributed by atoms with Crippen molar-refractivity contribution in [2.24, 2.45) is 0 Å². The van der Waals surface area contributed by atoms with Crippen LogP contribution in [0.25, 0.3) is 10.9 Å². The maximum atomic E-state index is 12.1. The first kappa shape index (κ1) is 14.2. The number of amides is 1. The number of thiophene rings is 1. The number of aromatic amines is 1. The number of carbonyl (C=O) groups excluding carboxylic acids is 1. The third-order valence-corrected chi connectivity index (χ3v) is 5.16. The van der Waals surface area contributed by atoms with Gasteiger partial charge >= 0.3 is 0 Å². The molecule has 116 valence electrons. The van der Waals surface area contributed by atoms with Gasteiger partial charge in [-0.15, -0.1) is 11.3 Å². The quantitative estimate of drug-likeness (QED) is 0.777. The smallest absolute Gasteiger partial charge is 0.251 e. The summed E-state index contributed by atoms with van der Waals surface area (Å²) in [6.07, 6.45) is 3.23. The summed E-state index contributed by atoms with van der Waals surface area (Å²) in [4.78, 5) is 28.2. The van der Waals surface area contributed by atoms with Crippen LogP contribution < -0.4 is 10.9 Å². The molecule has 1 aromatic carbocycles. The van der Waals surface area contributed by atoms with Gasteiger partial charge in [-0.1, -0.05) is 12.1 Å². The highest BCUT2D eigenvalue weighted by Crippen LogP contribution is 2.27. The summed E-state index contributed by atoms with van der Waals surface area (Å²) in [5.41, 5.74) is 3.61. The van der Waals surface area contributed by atoms with Gasteiger partial charge in [0, 0.05) is 21.5 Å². The van der Waals surface area contributed by atoms with Crippen molar-refractivity contribution in [3.63, 3.8) is 0 Å². The van der Waals surface area contributed by atoms with E-state index >= 15 is 0 Å². The van der Waals surface area contributed by atoms with Crippen LogP contribution in [0.2, 0.25) is 0 Å². The van der Waals surface area contributed by atoms with E-state index in [1.54, 1.807) is 11.3 Å².